The molecule has 3 nitrogen and oxygen atoms in total. The molecule has 18 heavy (non-hydrogen) atoms. The number of hydrogen-bond donors (Lipinski definition) is 2. The van der Waals surface area contributed by atoms with Crippen LogP contribution in [-0.2, 0) is 0 Å². The summed E-state index contributed by atoms with van der Waals surface area (Å²) >= 11 is 0. The van der Waals surface area contributed by atoms with E-state index in [2.05, 4.69) is 0 Å². The highest BCUT2D eigenvalue weighted by Gasteiger charge is 2.23. The lowest BCUT2D eigenvalue weighted by molar-refractivity contribution is -0.0114. The summed E-state index contributed by atoms with van der Waals surface area (Å²) in [6, 6.07) is 4.26. The van der Waals surface area contributed by atoms with Crippen molar-refractivity contribution < 1.29 is 14.2 Å². The third-order valence-corrected chi connectivity index (χ3v) is 3.29. The van der Waals surface area contributed by atoms with Gasteiger partial charge in [-0.05, 0) is 25.8 Å². The minimum Gasteiger partial charge on any atom is -0.490 e. The molecule has 1 atom stereocenters. The molecule has 0 unspecified atom stereocenters. The number of benzene rings is 1. The van der Waals surface area contributed by atoms with Crippen LogP contribution in [0.1, 0.15) is 45.2 Å². The minimum absolute atomic E-state index is 0.164. The molecule has 102 valence electrons. The largest absolute Gasteiger partial charge is 0.490 e. The zero-order chi connectivity index (χ0) is 13.8. The first kappa shape index (κ1) is 14.9. The van der Waals surface area contributed by atoms with E-state index in [9.17, 15) is 9.50 Å². The van der Waals surface area contributed by atoms with Gasteiger partial charge in [0, 0.05) is 17.7 Å². The van der Waals surface area contributed by atoms with Gasteiger partial charge in [0.2, 0.25) is 0 Å². The number of halogens is 1. The van der Waals surface area contributed by atoms with E-state index in [-0.39, 0.29) is 18.5 Å². The molecule has 0 aliphatic heterocycles. The molecule has 0 fully saturated rings. The molecule has 0 amide bonds. The van der Waals surface area contributed by atoms with Crippen LogP contribution in [0.4, 0.5) is 4.39 Å². The summed E-state index contributed by atoms with van der Waals surface area (Å²) in [6.07, 6.45) is 1.20. The first-order chi connectivity index (χ1) is 8.41. The van der Waals surface area contributed by atoms with Crippen LogP contribution in [0.25, 0.3) is 0 Å². The van der Waals surface area contributed by atoms with Crippen LogP contribution >= 0.6 is 0 Å². The quantitative estimate of drug-likeness (QED) is 0.821. The molecular weight excluding hydrogens is 233 g/mol. The van der Waals surface area contributed by atoms with Gasteiger partial charge in [0.25, 0.3) is 0 Å². The lowest BCUT2D eigenvalue weighted by atomic mass is 9.99. The Balaban J connectivity index is 2.72. The van der Waals surface area contributed by atoms with E-state index in [0.717, 1.165) is 0 Å². The Morgan fingerprint density at radius 1 is 1.39 bits per heavy atom. The van der Waals surface area contributed by atoms with Crippen molar-refractivity contribution in [1.29, 1.82) is 0 Å². The highest BCUT2D eigenvalue weighted by Crippen LogP contribution is 2.22. The van der Waals surface area contributed by atoms with Crippen molar-refractivity contribution in [3.05, 3.63) is 29.6 Å². The molecule has 0 aromatic heterocycles. The summed E-state index contributed by atoms with van der Waals surface area (Å²) < 4.78 is 19.1. The smallest absolute Gasteiger partial charge is 0.131 e. The molecule has 0 saturated heterocycles. The normalized spacial score (nSPS) is 13.4. The van der Waals surface area contributed by atoms with Gasteiger partial charge in [-0.25, -0.2) is 4.39 Å². The predicted octanol–water partition coefficient (Wildman–Crippen LogP) is 2.78. The summed E-state index contributed by atoms with van der Waals surface area (Å²) in [4.78, 5) is 0. The van der Waals surface area contributed by atoms with E-state index in [1.807, 2.05) is 13.8 Å². The lowest BCUT2D eigenvalue weighted by Crippen LogP contribution is -2.34. The molecule has 0 saturated carbocycles. The molecular formula is C14H22FNO2. The van der Waals surface area contributed by atoms with Crippen LogP contribution in [0.3, 0.4) is 0 Å². The van der Waals surface area contributed by atoms with Crippen molar-refractivity contribution in [2.75, 3.05) is 6.61 Å². The van der Waals surface area contributed by atoms with E-state index in [1.54, 1.807) is 19.1 Å². The molecule has 1 rings (SSSR count). The predicted molar refractivity (Wildman–Crippen MR) is 70.0 cm³/mol. The van der Waals surface area contributed by atoms with E-state index < -0.39 is 5.60 Å². The van der Waals surface area contributed by atoms with Crippen LogP contribution < -0.4 is 10.5 Å². The molecule has 3 N–H and O–H groups in total. The van der Waals surface area contributed by atoms with Crippen LogP contribution in [0.5, 0.6) is 5.75 Å². The lowest BCUT2D eigenvalue weighted by Gasteiger charge is -2.25. The molecule has 4 heteroatoms. The monoisotopic (exact) mass is 255 g/mol. The molecule has 0 aliphatic carbocycles. The van der Waals surface area contributed by atoms with E-state index in [4.69, 9.17) is 10.5 Å². The number of ether oxygens (including phenoxy) is 1. The fraction of sp³-hybridized carbons (Fsp3) is 0.571. The summed E-state index contributed by atoms with van der Waals surface area (Å²) in [5, 5.41) is 10.1. The zero-order valence-electron chi connectivity index (χ0n) is 11.2. The van der Waals surface area contributed by atoms with Gasteiger partial charge < -0.3 is 15.6 Å². The summed E-state index contributed by atoms with van der Waals surface area (Å²) in [5.41, 5.74) is 5.24. The molecule has 1 aromatic rings. The Morgan fingerprint density at radius 3 is 2.44 bits per heavy atom. The Morgan fingerprint density at radius 2 is 2.00 bits per heavy atom. The van der Waals surface area contributed by atoms with Gasteiger partial charge in [0.05, 0.1) is 5.60 Å². The third-order valence-electron chi connectivity index (χ3n) is 3.29. The van der Waals surface area contributed by atoms with Crippen molar-refractivity contribution in [1.82, 2.24) is 0 Å². The van der Waals surface area contributed by atoms with Crippen molar-refractivity contribution in [3.8, 4) is 5.75 Å². The Bertz CT molecular complexity index is 389. The van der Waals surface area contributed by atoms with E-state index in [0.29, 0.717) is 24.2 Å². The van der Waals surface area contributed by atoms with Gasteiger partial charge in [-0.3, -0.25) is 0 Å². The van der Waals surface area contributed by atoms with E-state index >= 15 is 0 Å². The number of nitrogens with two attached hydrogens (primary N) is 1. The average Bonchev–Trinajstić information content (AvgIpc) is 2.35. The molecule has 0 heterocycles. The van der Waals surface area contributed by atoms with Crippen molar-refractivity contribution in [2.45, 2.75) is 45.3 Å². The second-order valence-corrected chi connectivity index (χ2v) is 4.69. The molecule has 0 bridgehead atoms. The fourth-order valence-corrected chi connectivity index (χ4v) is 1.64. The molecule has 0 spiro atoms. The maximum Gasteiger partial charge on any atom is 0.131 e. The highest BCUT2D eigenvalue weighted by atomic mass is 19.1. The first-order valence-corrected chi connectivity index (χ1v) is 6.32. The molecule has 0 radical (unpaired) electrons. The SMILES string of the molecule is CCC(O)(CC)COc1ccc([C@@H](C)N)c(F)c1. The van der Waals surface area contributed by atoms with Gasteiger partial charge in [-0.15, -0.1) is 0 Å². The Hall–Kier alpha value is -1.13. The second kappa shape index (κ2) is 6.16. The summed E-state index contributed by atoms with van der Waals surface area (Å²) in [7, 11) is 0. The van der Waals surface area contributed by atoms with Crippen molar-refractivity contribution in [3.63, 3.8) is 0 Å². The number of rotatable bonds is 6. The summed E-state index contributed by atoms with van der Waals surface area (Å²) in [5.74, 6) is 0.0382. The Labute approximate surface area is 108 Å². The molecule has 0 aliphatic rings. The van der Waals surface area contributed by atoms with Crippen LogP contribution in [0.15, 0.2) is 18.2 Å². The van der Waals surface area contributed by atoms with Gasteiger partial charge in [0.15, 0.2) is 0 Å². The highest BCUT2D eigenvalue weighted by molar-refractivity contribution is 5.30. The van der Waals surface area contributed by atoms with Gasteiger partial charge >= 0.3 is 0 Å². The van der Waals surface area contributed by atoms with Crippen molar-refractivity contribution in [2.24, 2.45) is 5.73 Å². The summed E-state index contributed by atoms with van der Waals surface area (Å²) in [6.45, 7) is 5.68. The van der Waals surface area contributed by atoms with Crippen LogP contribution in [0, 0.1) is 5.82 Å². The van der Waals surface area contributed by atoms with Gasteiger partial charge in [-0.1, -0.05) is 19.9 Å². The molecule has 1 aromatic carbocycles. The maximum atomic E-state index is 13.7. The zero-order valence-corrected chi connectivity index (χ0v) is 11.2. The third kappa shape index (κ3) is 3.68. The van der Waals surface area contributed by atoms with Gasteiger partial charge in [0.1, 0.15) is 18.2 Å². The number of hydrogen-bond acceptors (Lipinski definition) is 3. The minimum atomic E-state index is -0.851. The average molecular weight is 255 g/mol. The topological polar surface area (TPSA) is 55.5 Å². The van der Waals surface area contributed by atoms with Gasteiger partial charge in [-0.2, -0.15) is 0 Å². The van der Waals surface area contributed by atoms with E-state index in [1.165, 1.54) is 6.07 Å². The Kier molecular flexibility index (Phi) is 5.11. The first-order valence-electron chi connectivity index (χ1n) is 6.32. The fourth-order valence-electron chi connectivity index (χ4n) is 1.64. The van der Waals surface area contributed by atoms with Crippen LogP contribution in [-0.4, -0.2) is 17.3 Å². The second-order valence-electron chi connectivity index (χ2n) is 4.69. The van der Waals surface area contributed by atoms with Crippen LogP contribution in [0.2, 0.25) is 0 Å². The number of aliphatic hydroxyl groups is 1. The maximum absolute atomic E-state index is 13.7. The van der Waals surface area contributed by atoms with Crippen molar-refractivity contribution >= 4 is 0 Å². The standard InChI is InChI=1S/C14H22FNO2/c1-4-14(17,5-2)9-18-11-6-7-12(10(3)16)13(15)8-11/h6-8,10,17H,4-5,9,16H2,1-3H3/t10-/m1/s1.